The zero-order valence-electron chi connectivity index (χ0n) is 11.0. The zero-order valence-corrected chi connectivity index (χ0v) is 11.8. The second-order valence-corrected chi connectivity index (χ2v) is 4.99. The van der Waals surface area contributed by atoms with Crippen LogP contribution in [-0.4, -0.2) is 7.05 Å². The first kappa shape index (κ1) is 13.1. The Morgan fingerprint density at radius 3 is 2.44 bits per heavy atom. The fourth-order valence-electron chi connectivity index (χ4n) is 2.24. The molecule has 1 N–H and O–H groups in total. The summed E-state index contributed by atoms with van der Waals surface area (Å²) in [6, 6.07) is 14.8. The van der Waals surface area contributed by atoms with Crippen molar-refractivity contribution in [1.29, 1.82) is 0 Å². The molecule has 2 heteroatoms. The molecule has 1 nitrogen and oxygen atoms in total. The summed E-state index contributed by atoms with van der Waals surface area (Å²) >= 11 is 6.42. The third-order valence-electron chi connectivity index (χ3n) is 3.20. The Morgan fingerprint density at radius 1 is 1.06 bits per heavy atom. The maximum absolute atomic E-state index is 6.42. The molecule has 2 aromatic rings. The maximum atomic E-state index is 6.42. The highest BCUT2D eigenvalue weighted by molar-refractivity contribution is 6.32. The molecule has 0 amide bonds. The third kappa shape index (κ3) is 2.58. The van der Waals surface area contributed by atoms with Gasteiger partial charge in [-0.15, -0.1) is 0 Å². The fourth-order valence-corrected chi connectivity index (χ4v) is 2.48. The molecule has 0 saturated heterocycles. The van der Waals surface area contributed by atoms with E-state index in [1.54, 1.807) is 0 Å². The van der Waals surface area contributed by atoms with Gasteiger partial charge < -0.3 is 5.32 Å². The largest absolute Gasteiger partial charge is 0.309 e. The van der Waals surface area contributed by atoms with Gasteiger partial charge in [0, 0.05) is 5.02 Å². The maximum Gasteiger partial charge on any atom is 0.0589 e. The van der Waals surface area contributed by atoms with Crippen LogP contribution >= 0.6 is 11.6 Å². The summed E-state index contributed by atoms with van der Waals surface area (Å²) in [5.74, 6) is 0. The number of rotatable bonds is 3. The van der Waals surface area contributed by atoms with Crippen LogP contribution in [0.4, 0.5) is 0 Å². The molecule has 94 valence electrons. The average Bonchev–Trinajstić information content (AvgIpc) is 2.35. The van der Waals surface area contributed by atoms with Gasteiger partial charge in [-0.05, 0) is 37.6 Å². The minimum atomic E-state index is 0.136. The van der Waals surface area contributed by atoms with Crippen LogP contribution in [0.2, 0.25) is 5.02 Å². The van der Waals surface area contributed by atoms with Crippen molar-refractivity contribution in [3.63, 3.8) is 0 Å². The molecule has 18 heavy (non-hydrogen) atoms. The average molecular weight is 260 g/mol. The lowest BCUT2D eigenvalue weighted by Crippen LogP contribution is -2.18. The van der Waals surface area contributed by atoms with Crippen LogP contribution in [0.25, 0.3) is 0 Å². The van der Waals surface area contributed by atoms with E-state index in [4.69, 9.17) is 11.6 Å². The second kappa shape index (κ2) is 5.55. The Balaban J connectivity index is 2.49. The summed E-state index contributed by atoms with van der Waals surface area (Å²) in [6.07, 6.45) is 0. The minimum absolute atomic E-state index is 0.136. The lowest BCUT2D eigenvalue weighted by atomic mass is 9.96. The summed E-state index contributed by atoms with van der Waals surface area (Å²) < 4.78 is 0. The van der Waals surface area contributed by atoms with E-state index in [2.05, 4.69) is 48.6 Å². The molecule has 1 unspecified atom stereocenters. The summed E-state index contributed by atoms with van der Waals surface area (Å²) in [5, 5.41) is 4.19. The van der Waals surface area contributed by atoms with E-state index in [1.807, 2.05) is 20.0 Å². The summed E-state index contributed by atoms with van der Waals surface area (Å²) in [5.41, 5.74) is 4.74. The molecule has 0 radical (unpaired) electrons. The van der Waals surface area contributed by atoms with Gasteiger partial charge >= 0.3 is 0 Å². The highest BCUT2D eigenvalue weighted by Crippen LogP contribution is 2.30. The molecule has 2 rings (SSSR count). The number of aryl methyl sites for hydroxylation is 2. The molecule has 0 aliphatic heterocycles. The number of halogens is 1. The van der Waals surface area contributed by atoms with Crippen LogP contribution in [0.15, 0.2) is 42.5 Å². The summed E-state index contributed by atoms with van der Waals surface area (Å²) in [4.78, 5) is 0. The van der Waals surface area contributed by atoms with E-state index in [0.29, 0.717) is 0 Å². The zero-order chi connectivity index (χ0) is 13.1. The number of hydrogen-bond donors (Lipinski definition) is 1. The topological polar surface area (TPSA) is 12.0 Å². The van der Waals surface area contributed by atoms with Crippen molar-refractivity contribution in [2.45, 2.75) is 19.9 Å². The predicted molar refractivity (Wildman–Crippen MR) is 78.3 cm³/mol. The second-order valence-electron chi connectivity index (χ2n) is 4.61. The Hall–Kier alpha value is -1.31. The van der Waals surface area contributed by atoms with Crippen molar-refractivity contribution >= 4 is 11.6 Å². The smallest absolute Gasteiger partial charge is 0.0589 e. The molecule has 0 heterocycles. The van der Waals surface area contributed by atoms with Crippen LogP contribution in [0.3, 0.4) is 0 Å². The molecule has 2 aromatic carbocycles. The van der Waals surface area contributed by atoms with Gasteiger partial charge in [0.15, 0.2) is 0 Å². The highest BCUT2D eigenvalue weighted by atomic mass is 35.5. The van der Waals surface area contributed by atoms with Gasteiger partial charge in [-0.25, -0.2) is 0 Å². The van der Waals surface area contributed by atoms with E-state index in [0.717, 1.165) is 16.1 Å². The quantitative estimate of drug-likeness (QED) is 0.868. The van der Waals surface area contributed by atoms with Crippen molar-refractivity contribution in [3.8, 4) is 0 Å². The van der Waals surface area contributed by atoms with Gasteiger partial charge in [-0.1, -0.05) is 59.6 Å². The molecule has 0 aromatic heterocycles. The van der Waals surface area contributed by atoms with Gasteiger partial charge in [0.05, 0.1) is 6.04 Å². The number of nitrogens with one attached hydrogen (secondary N) is 1. The first-order chi connectivity index (χ1) is 8.63. The Morgan fingerprint density at radius 2 is 1.78 bits per heavy atom. The van der Waals surface area contributed by atoms with Crippen molar-refractivity contribution in [2.75, 3.05) is 7.05 Å². The van der Waals surface area contributed by atoms with Crippen molar-refractivity contribution in [2.24, 2.45) is 0 Å². The lowest BCUT2D eigenvalue weighted by Gasteiger charge is -2.20. The Kier molecular flexibility index (Phi) is 4.05. The molecule has 0 spiro atoms. The van der Waals surface area contributed by atoms with Gasteiger partial charge in [-0.2, -0.15) is 0 Å². The van der Waals surface area contributed by atoms with E-state index < -0.39 is 0 Å². The normalized spacial score (nSPS) is 12.4. The molecular formula is C16H18ClN. The van der Waals surface area contributed by atoms with Crippen LogP contribution in [0, 0.1) is 13.8 Å². The van der Waals surface area contributed by atoms with E-state index in [9.17, 15) is 0 Å². The monoisotopic (exact) mass is 259 g/mol. The molecule has 0 bridgehead atoms. The summed E-state index contributed by atoms with van der Waals surface area (Å²) in [6.45, 7) is 4.14. The van der Waals surface area contributed by atoms with Crippen LogP contribution in [0.5, 0.6) is 0 Å². The van der Waals surface area contributed by atoms with E-state index in [1.165, 1.54) is 11.1 Å². The molecule has 1 atom stereocenters. The highest BCUT2D eigenvalue weighted by Gasteiger charge is 2.15. The molecule has 0 fully saturated rings. The minimum Gasteiger partial charge on any atom is -0.309 e. The number of benzene rings is 2. The van der Waals surface area contributed by atoms with Gasteiger partial charge in [0.25, 0.3) is 0 Å². The van der Waals surface area contributed by atoms with Crippen molar-refractivity contribution < 1.29 is 0 Å². The first-order valence-corrected chi connectivity index (χ1v) is 6.50. The van der Waals surface area contributed by atoms with Gasteiger partial charge in [0.2, 0.25) is 0 Å². The molecular weight excluding hydrogens is 242 g/mol. The van der Waals surface area contributed by atoms with Crippen molar-refractivity contribution in [3.05, 3.63) is 69.7 Å². The van der Waals surface area contributed by atoms with Crippen LogP contribution in [-0.2, 0) is 0 Å². The Labute approximate surface area is 114 Å². The molecule has 0 aliphatic rings. The lowest BCUT2D eigenvalue weighted by molar-refractivity contribution is 0.691. The fraction of sp³-hybridized carbons (Fsp3) is 0.250. The standard InChI is InChI=1S/C16H18ClN/c1-11-6-4-8-13(10-11)16(18-3)14-9-5-7-12(2)15(14)17/h4-10,16,18H,1-3H3. The van der Waals surface area contributed by atoms with Crippen LogP contribution in [0.1, 0.15) is 28.3 Å². The molecule has 0 aliphatic carbocycles. The third-order valence-corrected chi connectivity index (χ3v) is 3.71. The predicted octanol–water partition coefficient (Wildman–Crippen LogP) is 4.27. The molecule has 0 saturated carbocycles. The van der Waals surface area contributed by atoms with Crippen molar-refractivity contribution in [1.82, 2.24) is 5.32 Å². The number of hydrogen-bond acceptors (Lipinski definition) is 1. The van der Waals surface area contributed by atoms with E-state index >= 15 is 0 Å². The Bertz CT molecular complexity index is 549. The first-order valence-electron chi connectivity index (χ1n) is 6.12. The van der Waals surface area contributed by atoms with Crippen LogP contribution < -0.4 is 5.32 Å². The van der Waals surface area contributed by atoms with Gasteiger partial charge in [0.1, 0.15) is 0 Å². The SMILES string of the molecule is CNC(c1cccc(C)c1)c1cccc(C)c1Cl. The van der Waals surface area contributed by atoms with Gasteiger partial charge in [-0.3, -0.25) is 0 Å². The van der Waals surface area contributed by atoms with E-state index in [-0.39, 0.29) is 6.04 Å². The summed E-state index contributed by atoms with van der Waals surface area (Å²) in [7, 11) is 1.96.